The number of rotatable bonds is 8. The molecule has 0 aliphatic carbocycles. The molecular formula is C11H23NO3. The number of carbonyl (C=O) groups is 1. The molecule has 0 aromatic heterocycles. The van der Waals surface area contributed by atoms with Crippen LogP contribution in [0.5, 0.6) is 0 Å². The fourth-order valence-electron chi connectivity index (χ4n) is 1.53. The lowest BCUT2D eigenvalue weighted by atomic mass is 9.94. The predicted molar refractivity (Wildman–Crippen MR) is 59.9 cm³/mol. The summed E-state index contributed by atoms with van der Waals surface area (Å²) in [6, 6.07) is 0. The summed E-state index contributed by atoms with van der Waals surface area (Å²) in [4.78, 5) is 13.1. The van der Waals surface area contributed by atoms with Crippen LogP contribution in [0.2, 0.25) is 0 Å². The Bertz CT molecular complexity index is 196. The van der Waals surface area contributed by atoms with Crippen LogP contribution in [0.4, 0.5) is 0 Å². The first-order valence-corrected chi connectivity index (χ1v) is 5.54. The molecule has 0 bridgehead atoms. The summed E-state index contributed by atoms with van der Waals surface area (Å²) in [5, 5.41) is 18.0. The molecule has 0 spiro atoms. The highest BCUT2D eigenvalue weighted by Crippen LogP contribution is 2.20. The maximum absolute atomic E-state index is 11.2. The Balaban J connectivity index is 4.40. The van der Waals surface area contributed by atoms with Gasteiger partial charge in [0.25, 0.3) is 0 Å². The molecule has 90 valence electrons. The predicted octanol–water partition coefficient (Wildman–Crippen LogP) is 1.33. The van der Waals surface area contributed by atoms with E-state index in [9.17, 15) is 9.90 Å². The molecule has 0 aromatic carbocycles. The van der Waals surface area contributed by atoms with E-state index < -0.39 is 11.5 Å². The summed E-state index contributed by atoms with van der Waals surface area (Å²) < 4.78 is 0. The molecule has 0 aliphatic rings. The molecule has 0 aliphatic heterocycles. The molecule has 15 heavy (non-hydrogen) atoms. The van der Waals surface area contributed by atoms with E-state index in [1.54, 1.807) is 6.92 Å². The van der Waals surface area contributed by atoms with Crippen molar-refractivity contribution in [1.82, 2.24) is 4.90 Å². The summed E-state index contributed by atoms with van der Waals surface area (Å²) in [5.74, 6) is -0.811. The van der Waals surface area contributed by atoms with E-state index in [-0.39, 0.29) is 6.61 Å². The molecule has 4 heteroatoms. The van der Waals surface area contributed by atoms with E-state index in [0.717, 1.165) is 19.4 Å². The number of aliphatic hydroxyl groups excluding tert-OH is 1. The minimum absolute atomic E-state index is 0.0461. The van der Waals surface area contributed by atoms with Crippen molar-refractivity contribution in [2.75, 3.05) is 20.2 Å². The van der Waals surface area contributed by atoms with Crippen LogP contribution in [0.1, 0.15) is 39.5 Å². The summed E-state index contributed by atoms with van der Waals surface area (Å²) in [6.07, 6.45) is 3.07. The van der Waals surface area contributed by atoms with Crippen LogP contribution >= 0.6 is 0 Å². The first-order valence-electron chi connectivity index (χ1n) is 5.54. The van der Waals surface area contributed by atoms with Crippen molar-refractivity contribution in [2.45, 2.75) is 45.1 Å². The fraction of sp³-hybridized carbons (Fsp3) is 0.909. The lowest BCUT2D eigenvalue weighted by molar-refractivity contribution is -0.150. The van der Waals surface area contributed by atoms with Crippen LogP contribution in [0.3, 0.4) is 0 Å². The average molecular weight is 217 g/mol. The zero-order valence-corrected chi connectivity index (χ0v) is 9.99. The number of hydrogen-bond donors (Lipinski definition) is 2. The van der Waals surface area contributed by atoms with Crippen LogP contribution in [0, 0.1) is 0 Å². The van der Waals surface area contributed by atoms with Gasteiger partial charge >= 0.3 is 5.97 Å². The van der Waals surface area contributed by atoms with Crippen molar-refractivity contribution in [2.24, 2.45) is 0 Å². The smallest absolute Gasteiger partial charge is 0.323 e. The second kappa shape index (κ2) is 6.80. The van der Waals surface area contributed by atoms with E-state index in [0.29, 0.717) is 12.8 Å². The lowest BCUT2D eigenvalue weighted by Gasteiger charge is -2.35. The van der Waals surface area contributed by atoms with Crippen LogP contribution in [0.15, 0.2) is 0 Å². The second-order valence-corrected chi connectivity index (χ2v) is 4.18. The molecule has 2 N–H and O–H groups in total. The zero-order valence-electron chi connectivity index (χ0n) is 9.99. The number of hydrogen-bond acceptors (Lipinski definition) is 3. The molecule has 1 atom stereocenters. The number of carboxylic acid groups (broad SMARTS) is 1. The van der Waals surface area contributed by atoms with Gasteiger partial charge in [-0.05, 0) is 39.8 Å². The molecule has 0 rings (SSSR count). The summed E-state index contributed by atoms with van der Waals surface area (Å²) in [5.41, 5.74) is -0.849. The molecule has 0 amide bonds. The van der Waals surface area contributed by atoms with Crippen LogP contribution in [-0.2, 0) is 4.79 Å². The second-order valence-electron chi connectivity index (χ2n) is 4.18. The van der Waals surface area contributed by atoms with Crippen molar-refractivity contribution < 1.29 is 15.0 Å². The highest BCUT2D eigenvalue weighted by molar-refractivity contribution is 5.78. The third-order valence-electron chi connectivity index (χ3n) is 2.97. The van der Waals surface area contributed by atoms with Gasteiger partial charge in [-0.3, -0.25) is 9.69 Å². The van der Waals surface area contributed by atoms with Crippen LogP contribution in [0.25, 0.3) is 0 Å². The fourth-order valence-corrected chi connectivity index (χ4v) is 1.53. The quantitative estimate of drug-likeness (QED) is 0.644. The third kappa shape index (κ3) is 4.18. The molecule has 0 heterocycles. The number of unbranched alkanes of at least 4 members (excludes halogenated alkanes) is 1. The Morgan fingerprint density at radius 2 is 2.00 bits per heavy atom. The molecule has 0 fully saturated rings. The number of aliphatic hydroxyl groups is 1. The maximum Gasteiger partial charge on any atom is 0.323 e. The molecule has 0 radical (unpaired) electrons. The van der Waals surface area contributed by atoms with Gasteiger partial charge in [0.15, 0.2) is 0 Å². The number of carboxylic acids is 1. The SMILES string of the molecule is CCCCN(C)C(C)(CCCO)C(=O)O. The van der Waals surface area contributed by atoms with Crippen molar-refractivity contribution in [3.05, 3.63) is 0 Å². The Kier molecular flexibility index (Phi) is 6.52. The Morgan fingerprint density at radius 1 is 1.40 bits per heavy atom. The van der Waals surface area contributed by atoms with Gasteiger partial charge in [-0.25, -0.2) is 0 Å². The molecule has 0 aromatic rings. The van der Waals surface area contributed by atoms with Gasteiger partial charge in [0.2, 0.25) is 0 Å². The van der Waals surface area contributed by atoms with Crippen molar-refractivity contribution >= 4 is 5.97 Å². The summed E-state index contributed by atoms with van der Waals surface area (Å²) >= 11 is 0. The Morgan fingerprint density at radius 3 is 2.40 bits per heavy atom. The highest BCUT2D eigenvalue weighted by atomic mass is 16.4. The van der Waals surface area contributed by atoms with Gasteiger partial charge in [0.05, 0.1) is 0 Å². The van der Waals surface area contributed by atoms with E-state index in [2.05, 4.69) is 6.92 Å². The lowest BCUT2D eigenvalue weighted by Crippen LogP contribution is -2.50. The first kappa shape index (κ1) is 14.4. The highest BCUT2D eigenvalue weighted by Gasteiger charge is 2.36. The van der Waals surface area contributed by atoms with E-state index in [4.69, 9.17) is 5.11 Å². The van der Waals surface area contributed by atoms with Crippen LogP contribution < -0.4 is 0 Å². The largest absolute Gasteiger partial charge is 0.480 e. The van der Waals surface area contributed by atoms with Gasteiger partial charge in [0.1, 0.15) is 5.54 Å². The first-order chi connectivity index (χ1) is 6.99. The maximum atomic E-state index is 11.2. The number of nitrogens with zero attached hydrogens (tertiary/aromatic N) is 1. The summed E-state index contributed by atoms with van der Waals surface area (Å²) in [7, 11) is 1.83. The van der Waals surface area contributed by atoms with Crippen molar-refractivity contribution in [3.63, 3.8) is 0 Å². The van der Waals surface area contributed by atoms with Gasteiger partial charge in [-0.2, -0.15) is 0 Å². The third-order valence-corrected chi connectivity index (χ3v) is 2.97. The minimum atomic E-state index is -0.849. The van der Waals surface area contributed by atoms with Crippen molar-refractivity contribution in [1.29, 1.82) is 0 Å². The molecule has 1 unspecified atom stereocenters. The standard InChI is InChI=1S/C11H23NO3/c1-4-5-8-12(3)11(2,10(14)15)7-6-9-13/h13H,4-9H2,1-3H3,(H,14,15). The Labute approximate surface area is 91.9 Å². The zero-order chi connectivity index (χ0) is 11.9. The average Bonchev–Trinajstić information content (AvgIpc) is 2.21. The number of likely N-dealkylation sites (N-methyl/N-ethyl adjacent to an activating group) is 1. The van der Waals surface area contributed by atoms with Gasteiger partial charge in [0, 0.05) is 6.61 Å². The van der Waals surface area contributed by atoms with Gasteiger partial charge in [-0.15, -0.1) is 0 Å². The normalized spacial score (nSPS) is 15.3. The van der Waals surface area contributed by atoms with Crippen molar-refractivity contribution in [3.8, 4) is 0 Å². The van der Waals surface area contributed by atoms with Gasteiger partial charge < -0.3 is 10.2 Å². The van der Waals surface area contributed by atoms with E-state index in [1.807, 2.05) is 11.9 Å². The summed E-state index contributed by atoms with van der Waals surface area (Å²) in [6.45, 7) is 4.63. The molecule has 0 saturated carbocycles. The minimum Gasteiger partial charge on any atom is -0.480 e. The van der Waals surface area contributed by atoms with E-state index in [1.165, 1.54) is 0 Å². The monoisotopic (exact) mass is 217 g/mol. The topological polar surface area (TPSA) is 60.8 Å². The van der Waals surface area contributed by atoms with E-state index >= 15 is 0 Å². The molecule has 0 saturated heterocycles. The van der Waals surface area contributed by atoms with Crippen LogP contribution in [-0.4, -0.2) is 46.8 Å². The number of aliphatic carboxylic acids is 1. The Hall–Kier alpha value is -0.610. The van der Waals surface area contributed by atoms with Gasteiger partial charge in [-0.1, -0.05) is 13.3 Å². The molecular weight excluding hydrogens is 194 g/mol. The molecule has 4 nitrogen and oxygen atoms in total.